The molecule has 0 aromatic heterocycles. The molecule has 7 heteroatoms. The summed E-state index contributed by atoms with van der Waals surface area (Å²) in [6.45, 7) is 8.71. The van der Waals surface area contributed by atoms with Crippen LogP contribution < -0.4 is 11.1 Å². The van der Waals surface area contributed by atoms with Crippen LogP contribution in [0.2, 0.25) is 0 Å². The van der Waals surface area contributed by atoms with Crippen LogP contribution in [-0.4, -0.2) is 78.1 Å². The molecule has 0 spiro atoms. The van der Waals surface area contributed by atoms with E-state index in [-0.39, 0.29) is 24.3 Å². The summed E-state index contributed by atoms with van der Waals surface area (Å²) in [4.78, 5) is 27.0. The Bertz CT molecular complexity index is 365. The van der Waals surface area contributed by atoms with Gasteiger partial charge in [-0.15, -0.1) is 0 Å². The Hall–Kier alpha value is -1.18. The molecule has 7 nitrogen and oxygen atoms in total. The molecule has 1 heterocycles. The van der Waals surface area contributed by atoms with Crippen molar-refractivity contribution in [2.75, 3.05) is 39.8 Å². The Morgan fingerprint density at radius 1 is 1.29 bits per heavy atom. The number of likely N-dealkylation sites (N-methyl/N-ethyl adjacent to an activating group) is 1. The molecule has 0 aromatic carbocycles. The normalized spacial score (nSPS) is 19.2. The van der Waals surface area contributed by atoms with Gasteiger partial charge in [0.25, 0.3) is 0 Å². The predicted molar refractivity (Wildman–Crippen MR) is 81.0 cm³/mol. The van der Waals surface area contributed by atoms with E-state index < -0.39 is 12.0 Å². The molecule has 1 rings (SSSR count). The largest absolute Gasteiger partial charge is 0.481 e. The van der Waals surface area contributed by atoms with Crippen molar-refractivity contribution >= 4 is 11.9 Å². The van der Waals surface area contributed by atoms with Gasteiger partial charge < -0.3 is 21.1 Å². The maximum atomic E-state index is 11.9. The highest BCUT2D eigenvalue weighted by atomic mass is 16.4. The first-order chi connectivity index (χ1) is 9.72. The summed E-state index contributed by atoms with van der Waals surface area (Å²) >= 11 is 0. The summed E-state index contributed by atoms with van der Waals surface area (Å²) in [5, 5.41) is 11.4. The molecule has 0 aliphatic carbocycles. The van der Waals surface area contributed by atoms with Crippen molar-refractivity contribution in [3.63, 3.8) is 0 Å². The van der Waals surface area contributed by atoms with E-state index in [9.17, 15) is 9.59 Å². The third kappa shape index (κ3) is 5.99. The lowest BCUT2D eigenvalue weighted by molar-refractivity contribution is -0.137. The molecule has 1 aliphatic rings. The topological polar surface area (TPSA) is 98.9 Å². The number of hydrogen-bond acceptors (Lipinski definition) is 5. The average molecular weight is 300 g/mol. The number of carboxylic acids is 1. The molecule has 4 N–H and O–H groups in total. The number of aliphatic carboxylic acids is 1. The van der Waals surface area contributed by atoms with Crippen molar-refractivity contribution in [2.24, 2.45) is 5.73 Å². The van der Waals surface area contributed by atoms with Crippen molar-refractivity contribution in [3.8, 4) is 0 Å². The first kappa shape index (κ1) is 17.9. The minimum atomic E-state index is -0.934. The lowest BCUT2D eigenvalue weighted by Crippen LogP contribution is -2.58. The number of amides is 1. The smallest absolute Gasteiger partial charge is 0.303 e. The van der Waals surface area contributed by atoms with Gasteiger partial charge in [0.1, 0.15) is 0 Å². The van der Waals surface area contributed by atoms with Gasteiger partial charge in [-0.05, 0) is 27.3 Å². The van der Waals surface area contributed by atoms with Crippen molar-refractivity contribution in [3.05, 3.63) is 0 Å². The summed E-state index contributed by atoms with van der Waals surface area (Å²) in [6, 6.07) is -0.760. The van der Waals surface area contributed by atoms with Gasteiger partial charge in [0.15, 0.2) is 0 Å². The second kappa shape index (κ2) is 7.72. The number of nitrogens with zero attached hydrogens (tertiary/aromatic N) is 2. The zero-order valence-corrected chi connectivity index (χ0v) is 13.3. The Morgan fingerprint density at radius 3 is 2.38 bits per heavy atom. The van der Waals surface area contributed by atoms with Crippen LogP contribution in [0, 0.1) is 0 Å². The molecule has 1 aliphatic heterocycles. The van der Waals surface area contributed by atoms with E-state index in [0.717, 1.165) is 26.2 Å². The van der Waals surface area contributed by atoms with Gasteiger partial charge in [-0.1, -0.05) is 0 Å². The minimum absolute atomic E-state index is 0.0869. The third-order valence-corrected chi connectivity index (χ3v) is 4.06. The van der Waals surface area contributed by atoms with Gasteiger partial charge in [-0.2, -0.15) is 0 Å². The lowest BCUT2D eigenvalue weighted by atomic mass is 10.0. The molecule has 21 heavy (non-hydrogen) atoms. The van der Waals surface area contributed by atoms with Crippen LogP contribution in [0.1, 0.15) is 26.7 Å². The Kier molecular flexibility index (Phi) is 6.57. The Morgan fingerprint density at radius 2 is 1.86 bits per heavy atom. The standard InChI is InChI=1S/C14H28N4O3/c1-14(2,18-8-6-17(3)7-9-18)10-16-13(21)11(15)4-5-12(19)20/h11H,4-10,15H2,1-3H3,(H,16,21)(H,19,20). The summed E-state index contributed by atoms with van der Waals surface area (Å²) < 4.78 is 0. The van der Waals surface area contributed by atoms with Crippen LogP contribution in [0.15, 0.2) is 0 Å². The predicted octanol–water partition coefficient (Wildman–Crippen LogP) is -0.679. The second-order valence-electron chi connectivity index (χ2n) is 6.36. The summed E-state index contributed by atoms with van der Waals surface area (Å²) in [7, 11) is 2.10. The monoisotopic (exact) mass is 300 g/mol. The molecule has 1 atom stereocenters. The fraction of sp³-hybridized carbons (Fsp3) is 0.857. The van der Waals surface area contributed by atoms with Crippen LogP contribution in [0.5, 0.6) is 0 Å². The Labute approximate surface area is 126 Å². The second-order valence-corrected chi connectivity index (χ2v) is 6.36. The molecule has 0 bridgehead atoms. The van der Waals surface area contributed by atoms with Crippen LogP contribution in [0.4, 0.5) is 0 Å². The van der Waals surface area contributed by atoms with E-state index in [1.165, 1.54) is 0 Å². The van der Waals surface area contributed by atoms with E-state index in [4.69, 9.17) is 10.8 Å². The van der Waals surface area contributed by atoms with Crippen molar-refractivity contribution in [1.82, 2.24) is 15.1 Å². The maximum absolute atomic E-state index is 11.9. The summed E-state index contributed by atoms with van der Waals surface area (Å²) in [6.07, 6.45) is 0.0759. The molecular formula is C14H28N4O3. The van der Waals surface area contributed by atoms with Gasteiger partial charge in [-0.25, -0.2) is 0 Å². The highest BCUT2D eigenvalue weighted by Gasteiger charge is 2.30. The quantitative estimate of drug-likeness (QED) is 0.576. The fourth-order valence-electron chi connectivity index (χ4n) is 2.37. The van der Waals surface area contributed by atoms with Crippen LogP contribution in [0.25, 0.3) is 0 Å². The minimum Gasteiger partial charge on any atom is -0.481 e. The van der Waals surface area contributed by atoms with E-state index in [1.54, 1.807) is 0 Å². The van der Waals surface area contributed by atoms with Gasteiger partial charge >= 0.3 is 5.97 Å². The molecule has 1 saturated heterocycles. The van der Waals surface area contributed by atoms with Gasteiger partial charge in [0.2, 0.25) is 5.91 Å². The zero-order chi connectivity index (χ0) is 16.0. The zero-order valence-electron chi connectivity index (χ0n) is 13.3. The average Bonchev–Trinajstić information content (AvgIpc) is 2.42. The van der Waals surface area contributed by atoms with Crippen LogP contribution in [0.3, 0.4) is 0 Å². The third-order valence-electron chi connectivity index (χ3n) is 4.06. The van der Waals surface area contributed by atoms with E-state index >= 15 is 0 Å². The van der Waals surface area contributed by atoms with Crippen LogP contribution >= 0.6 is 0 Å². The molecule has 1 amide bonds. The lowest BCUT2D eigenvalue weighted by Gasteiger charge is -2.43. The molecule has 1 fully saturated rings. The number of carbonyl (C=O) groups excluding carboxylic acids is 1. The molecule has 122 valence electrons. The highest BCUT2D eigenvalue weighted by Crippen LogP contribution is 2.15. The van der Waals surface area contributed by atoms with Crippen molar-refractivity contribution in [2.45, 2.75) is 38.3 Å². The van der Waals surface area contributed by atoms with Gasteiger partial charge in [0.05, 0.1) is 6.04 Å². The number of carboxylic acid groups (broad SMARTS) is 1. The summed E-state index contributed by atoms with van der Waals surface area (Å²) in [5.74, 6) is -1.21. The van der Waals surface area contributed by atoms with Crippen molar-refractivity contribution in [1.29, 1.82) is 0 Å². The fourth-order valence-corrected chi connectivity index (χ4v) is 2.37. The van der Waals surface area contributed by atoms with Gasteiger partial charge in [0, 0.05) is 44.7 Å². The van der Waals surface area contributed by atoms with Crippen LogP contribution in [-0.2, 0) is 9.59 Å². The molecule has 0 aromatic rings. The molecule has 0 radical (unpaired) electrons. The molecular weight excluding hydrogens is 272 g/mol. The van der Waals surface area contributed by atoms with E-state index in [1.807, 2.05) is 0 Å². The SMILES string of the molecule is CN1CCN(C(C)(C)CNC(=O)C(N)CCC(=O)O)CC1. The van der Waals surface area contributed by atoms with E-state index in [0.29, 0.717) is 6.54 Å². The van der Waals surface area contributed by atoms with Crippen molar-refractivity contribution < 1.29 is 14.7 Å². The number of carbonyl (C=O) groups is 2. The molecule has 0 saturated carbocycles. The first-order valence-corrected chi connectivity index (χ1v) is 7.41. The number of nitrogens with two attached hydrogens (primary N) is 1. The number of hydrogen-bond donors (Lipinski definition) is 3. The first-order valence-electron chi connectivity index (χ1n) is 7.41. The maximum Gasteiger partial charge on any atom is 0.303 e. The molecule has 1 unspecified atom stereocenters. The highest BCUT2D eigenvalue weighted by molar-refractivity contribution is 5.82. The Balaban J connectivity index is 2.38. The van der Waals surface area contributed by atoms with E-state index in [2.05, 4.69) is 36.0 Å². The number of rotatable bonds is 7. The van der Waals surface area contributed by atoms with Gasteiger partial charge in [-0.3, -0.25) is 14.5 Å². The summed E-state index contributed by atoms with van der Waals surface area (Å²) in [5.41, 5.74) is 5.56. The number of piperazine rings is 1. The number of nitrogens with one attached hydrogen (secondary N) is 1.